The number of rotatable bonds is 14. The molecular weight excluding hydrogens is 797 g/mol. The Morgan fingerprint density at radius 1 is 0.710 bits per heavy atom. The van der Waals surface area contributed by atoms with E-state index in [1.165, 1.54) is 6.92 Å². The highest BCUT2D eigenvalue weighted by atomic mass is 16.8. The fraction of sp³-hybridized carbons (Fsp3) is 0.271. The molecule has 5 aromatic rings. The zero-order valence-electron chi connectivity index (χ0n) is 33.6. The van der Waals surface area contributed by atoms with Crippen molar-refractivity contribution in [2.75, 3.05) is 26.4 Å². The number of hydrogen-bond acceptors (Lipinski definition) is 12. The third-order valence-electron chi connectivity index (χ3n) is 10.8. The minimum atomic E-state index is -1.54. The predicted molar refractivity (Wildman–Crippen MR) is 222 cm³/mol. The number of nitrogens with one attached hydrogen (secondary N) is 2. The van der Waals surface area contributed by atoms with Crippen LogP contribution < -0.4 is 10.6 Å². The van der Waals surface area contributed by atoms with E-state index in [9.17, 15) is 24.0 Å². The van der Waals surface area contributed by atoms with Gasteiger partial charge in [-0.3, -0.25) is 9.59 Å². The minimum absolute atomic E-state index is 0.0265. The summed E-state index contributed by atoms with van der Waals surface area (Å²) in [7, 11) is 0. The molecule has 0 aromatic heterocycles. The highest BCUT2D eigenvalue weighted by Gasteiger charge is 2.53. The quantitative estimate of drug-likeness (QED) is 0.0771. The number of Topliss-reactive ketones (excluding diaryl/α,β-unsaturated/α-hetero) is 1. The second-order valence-corrected chi connectivity index (χ2v) is 14.9. The van der Waals surface area contributed by atoms with Crippen LogP contribution in [-0.2, 0) is 42.7 Å². The number of ketones is 1. The number of esters is 2. The Bertz CT molecular complexity index is 2330. The first-order valence-electron chi connectivity index (χ1n) is 20.2. The molecule has 5 aromatic carbocycles. The van der Waals surface area contributed by atoms with Gasteiger partial charge in [-0.15, -0.1) is 0 Å². The van der Waals surface area contributed by atoms with E-state index in [0.29, 0.717) is 11.1 Å². The van der Waals surface area contributed by atoms with Gasteiger partial charge in [-0.25, -0.2) is 14.4 Å². The zero-order chi connectivity index (χ0) is 43.0. The summed E-state index contributed by atoms with van der Waals surface area (Å²) in [6, 6.07) is 38.7. The number of carbonyl (C=O) groups excluding carboxylic acids is 5. The molecule has 2 heterocycles. The van der Waals surface area contributed by atoms with Gasteiger partial charge < -0.3 is 43.8 Å². The fourth-order valence-electron chi connectivity index (χ4n) is 7.87. The molecule has 2 N–H and O–H groups in total. The number of hydrogen-bond donors (Lipinski definition) is 2. The zero-order valence-corrected chi connectivity index (χ0v) is 33.6. The van der Waals surface area contributed by atoms with E-state index < -0.39 is 85.9 Å². The van der Waals surface area contributed by atoms with Crippen molar-refractivity contribution >= 4 is 29.7 Å². The van der Waals surface area contributed by atoms with Crippen LogP contribution in [0.3, 0.4) is 0 Å². The largest absolute Gasteiger partial charge is 0.456 e. The minimum Gasteiger partial charge on any atom is -0.456 e. The summed E-state index contributed by atoms with van der Waals surface area (Å²) < 4.78 is 42.3. The topological polar surface area (TPSA) is 174 Å². The predicted octanol–water partition coefficient (Wildman–Crippen LogP) is 5.91. The lowest BCUT2D eigenvalue weighted by Crippen LogP contribution is -2.68. The van der Waals surface area contributed by atoms with Gasteiger partial charge in [0.25, 0.3) is 0 Å². The summed E-state index contributed by atoms with van der Waals surface area (Å²) in [4.78, 5) is 66.7. The van der Waals surface area contributed by atoms with Crippen molar-refractivity contribution in [3.8, 4) is 11.1 Å². The first-order valence-corrected chi connectivity index (χ1v) is 20.2. The summed E-state index contributed by atoms with van der Waals surface area (Å²) in [5, 5.41) is 5.33. The lowest BCUT2D eigenvalue weighted by Gasteiger charge is -2.48. The number of fused-ring (bicyclic) bond motifs is 4. The van der Waals surface area contributed by atoms with E-state index in [4.69, 9.17) is 33.2 Å². The SMILES string of the molecule is CC(=O)N[C@H]1[C@@H](OC[C@H](NC(=O)OCC2c3ccccc3-c3ccccc32)C(=O)OCC(=O)c2ccccc2)O[C@@H]2CO[C@@H](c3ccccc3)O[C@@H]2[C@@H]1OC(=O)c1ccccc1. The molecule has 62 heavy (non-hydrogen) atoms. The molecular formula is C48H44N2O12. The summed E-state index contributed by atoms with van der Waals surface area (Å²) in [6.45, 7) is -0.0132. The van der Waals surface area contributed by atoms with Gasteiger partial charge in [-0.05, 0) is 34.4 Å². The molecule has 2 amide bonds. The van der Waals surface area contributed by atoms with Gasteiger partial charge in [0.05, 0.1) is 18.8 Å². The third kappa shape index (κ3) is 9.59. The second-order valence-electron chi connectivity index (χ2n) is 14.9. The van der Waals surface area contributed by atoms with Gasteiger partial charge in [-0.2, -0.15) is 0 Å². The van der Waals surface area contributed by atoms with E-state index in [2.05, 4.69) is 10.6 Å². The number of benzene rings is 5. The second kappa shape index (κ2) is 19.3. The van der Waals surface area contributed by atoms with Gasteiger partial charge in [0, 0.05) is 24.0 Å². The molecule has 2 aliphatic heterocycles. The summed E-state index contributed by atoms with van der Waals surface area (Å²) in [5.74, 6) is -2.95. The molecule has 14 heteroatoms. The van der Waals surface area contributed by atoms with Gasteiger partial charge in [-0.1, -0.05) is 127 Å². The molecule has 318 valence electrons. The molecule has 3 aliphatic rings. The molecule has 0 saturated carbocycles. The third-order valence-corrected chi connectivity index (χ3v) is 10.8. The maximum absolute atomic E-state index is 13.8. The van der Waals surface area contributed by atoms with E-state index in [1.807, 2.05) is 78.9 Å². The molecule has 0 unspecified atom stereocenters. The summed E-state index contributed by atoms with van der Waals surface area (Å²) >= 11 is 0. The Morgan fingerprint density at radius 3 is 1.95 bits per heavy atom. The van der Waals surface area contributed by atoms with E-state index >= 15 is 0 Å². The Balaban J connectivity index is 1.02. The Morgan fingerprint density at radius 2 is 1.31 bits per heavy atom. The molecule has 1 aliphatic carbocycles. The maximum Gasteiger partial charge on any atom is 0.407 e. The van der Waals surface area contributed by atoms with Crippen molar-refractivity contribution in [2.24, 2.45) is 0 Å². The lowest BCUT2D eigenvalue weighted by molar-refractivity contribution is -0.343. The van der Waals surface area contributed by atoms with Crippen LogP contribution in [0.1, 0.15) is 56.5 Å². The standard InChI is InChI=1S/C48H44N2O12/c1-29(51)49-41-43(61-44(53)31-17-7-3-8-18-31)42-40(28-58-46(62-42)32-19-9-4-10-20-32)60-47(41)57-26-38(45(54)56-27-39(52)30-15-5-2-6-16-30)50-48(55)59-25-37-35-23-13-11-21-33(35)34-22-12-14-24-36(34)37/h2-24,37-38,40-43,46-47H,25-28H2,1H3,(H,49,51)(H,50,55)/t38-,40+,41+,42-,43+,46+,47-/m0/s1. The van der Waals surface area contributed by atoms with E-state index in [1.54, 1.807) is 60.7 Å². The van der Waals surface area contributed by atoms with Gasteiger partial charge in [0.1, 0.15) is 24.9 Å². The molecule has 0 radical (unpaired) electrons. The normalized spacial score (nSPS) is 21.8. The van der Waals surface area contributed by atoms with Gasteiger partial charge >= 0.3 is 18.0 Å². The Labute approximate surface area is 357 Å². The van der Waals surface area contributed by atoms with Crippen molar-refractivity contribution in [1.82, 2.24) is 10.6 Å². The maximum atomic E-state index is 13.8. The van der Waals surface area contributed by atoms with Crippen LogP contribution in [0.15, 0.2) is 140 Å². The average molecular weight is 841 g/mol. The van der Waals surface area contributed by atoms with Crippen LogP contribution in [0.5, 0.6) is 0 Å². The lowest BCUT2D eigenvalue weighted by atomic mass is 9.95. The Hall–Kier alpha value is -6.71. The first kappa shape index (κ1) is 42.0. The van der Waals surface area contributed by atoms with Crippen LogP contribution >= 0.6 is 0 Å². The van der Waals surface area contributed by atoms with E-state index in [0.717, 1.165) is 22.3 Å². The van der Waals surface area contributed by atoms with Gasteiger partial charge in [0.2, 0.25) is 5.91 Å². The van der Waals surface area contributed by atoms with Crippen molar-refractivity contribution in [3.05, 3.63) is 167 Å². The summed E-state index contributed by atoms with van der Waals surface area (Å²) in [6.07, 6.45) is -6.24. The van der Waals surface area contributed by atoms with Crippen molar-refractivity contribution in [2.45, 2.75) is 55.8 Å². The smallest absolute Gasteiger partial charge is 0.407 e. The van der Waals surface area contributed by atoms with Crippen LogP contribution in [0.4, 0.5) is 4.79 Å². The number of amides is 2. The van der Waals surface area contributed by atoms with Crippen LogP contribution in [0.25, 0.3) is 11.1 Å². The Kier molecular flexibility index (Phi) is 13.1. The number of ether oxygens (including phenoxy) is 7. The monoisotopic (exact) mass is 840 g/mol. The molecule has 7 atom stereocenters. The fourth-order valence-corrected chi connectivity index (χ4v) is 7.87. The average Bonchev–Trinajstić information content (AvgIpc) is 3.63. The van der Waals surface area contributed by atoms with Crippen molar-refractivity contribution in [3.63, 3.8) is 0 Å². The van der Waals surface area contributed by atoms with Crippen LogP contribution in [0.2, 0.25) is 0 Å². The number of carbonyl (C=O) groups is 5. The van der Waals surface area contributed by atoms with Crippen molar-refractivity contribution < 1.29 is 57.1 Å². The molecule has 8 rings (SSSR count). The molecule has 2 fully saturated rings. The molecule has 2 saturated heterocycles. The highest BCUT2D eigenvalue weighted by molar-refractivity contribution is 5.98. The van der Waals surface area contributed by atoms with Gasteiger partial charge in [0.15, 0.2) is 37.1 Å². The molecule has 0 spiro atoms. The van der Waals surface area contributed by atoms with Crippen LogP contribution in [-0.4, -0.2) is 92.8 Å². The first-order chi connectivity index (χ1) is 30.2. The number of alkyl carbamates (subject to hydrolysis) is 1. The summed E-state index contributed by atoms with van der Waals surface area (Å²) in [5.41, 5.74) is 5.34. The highest BCUT2D eigenvalue weighted by Crippen LogP contribution is 2.44. The van der Waals surface area contributed by atoms with Crippen molar-refractivity contribution in [1.29, 1.82) is 0 Å². The molecule has 14 nitrogen and oxygen atoms in total. The van der Waals surface area contributed by atoms with E-state index in [-0.39, 0.29) is 24.7 Å². The molecule has 0 bridgehead atoms. The van der Waals surface area contributed by atoms with Crippen LogP contribution in [0, 0.1) is 0 Å².